The number of carbonyl (C=O) groups excluding carboxylic acids is 1. The smallest absolute Gasteiger partial charge is 0.262 e. The van der Waals surface area contributed by atoms with Gasteiger partial charge in [0.1, 0.15) is 17.2 Å². The summed E-state index contributed by atoms with van der Waals surface area (Å²) < 4.78 is 1.99. The van der Waals surface area contributed by atoms with E-state index in [-0.39, 0.29) is 17.2 Å². The summed E-state index contributed by atoms with van der Waals surface area (Å²) in [5.74, 6) is 0.266. The molecule has 1 aliphatic heterocycles. The van der Waals surface area contributed by atoms with E-state index >= 15 is 0 Å². The van der Waals surface area contributed by atoms with Gasteiger partial charge in [0.25, 0.3) is 5.91 Å². The second-order valence-electron chi connectivity index (χ2n) is 7.35. The summed E-state index contributed by atoms with van der Waals surface area (Å²) in [7, 11) is 4.10. The summed E-state index contributed by atoms with van der Waals surface area (Å²) in [5, 5.41) is 13.3. The van der Waals surface area contributed by atoms with Gasteiger partial charge in [-0.05, 0) is 50.3 Å². The van der Waals surface area contributed by atoms with Gasteiger partial charge >= 0.3 is 0 Å². The molecule has 1 aromatic heterocycles. The molecule has 3 aromatic rings. The van der Waals surface area contributed by atoms with E-state index in [1.807, 2.05) is 67.2 Å². The van der Waals surface area contributed by atoms with Gasteiger partial charge in [0.05, 0.1) is 11.0 Å². The predicted octanol–water partition coefficient (Wildman–Crippen LogP) is 3.45. The van der Waals surface area contributed by atoms with E-state index in [9.17, 15) is 9.90 Å². The molecule has 144 valence electrons. The number of aryl methyl sites for hydroxylation is 1. The van der Waals surface area contributed by atoms with E-state index in [4.69, 9.17) is 0 Å². The number of aliphatic hydroxyl groups is 1. The van der Waals surface area contributed by atoms with Crippen LogP contribution in [0.4, 0.5) is 5.69 Å². The van der Waals surface area contributed by atoms with Crippen LogP contribution in [0.25, 0.3) is 16.6 Å². The molecule has 28 heavy (non-hydrogen) atoms. The molecule has 0 bridgehead atoms. The van der Waals surface area contributed by atoms with E-state index in [2.05, 4.69) is 15.2 Å². The molecule has 0 radical (unpaired) electrons. The first-order valence-corrected chi connectivity index (χ1v) is 9.45. The lowest BCUT2D eigenvalue weighted by molar-refractivity contribution is -0.111. The Morgan fingerprint density at radius 2 is 1.93 bits per heavy atom. The van der Waals surface area contributed by atoms with Gasteiger partial charge in [-0.25, -0.2) is 4.98 Å². The maximum Gasteiger partial charge on any atom is 0.262 e. The fourth-order valence-electron chi connectivity index (χ4n) is 3.50. The number of anilines is 1. The lowest BCUT2D eigenvalue weighted by atomic mass is 10.1. The van der Waals surface area contributed by atoms with Crippen molar-refractivity contribution >= 4 is 28.2 Å². The number of hydrogen-bond donors (Lipinski definition) is 2. The molecular weight excluding hydrogens is 352 g/mol. The highest BCUT2D eigenvalue weighted by atomic mass is 16.3. The summed E-state index contributed by atoms with van der Waals surface area (Å²) in [5.41, 5.74) is 3.96. The molecule has 0 saturated carbocycles. The number of aliphatic hydroxyl groups excluding tert-OH is 1. The van der Waals surface area contributed by atoms with Gasteiger partial charge in [0.2, 0.25) is 0 Å². The summed E-state index contributed by atoms with van der Waals surface area (Å²) in [6.45, 7) is 1.59. The Labute approximate surface area is 164 Å². The first-order chi connectivity index (χ1) is 13.5. The van der Waals surface area contributed by atoms with Gasteiger partial charge < -0.3 is 19.9 Å². The van der Waals surface area contributed by atoms with Crippen molar-refractivity contribution in [2.45, 2.75) is 19.4 Å². The standard InChI is InChI=1S/C22H24N4O2/c1-25(2)13-11-15-7-9-16(10-8-15)23-22(28)20-19(27)12-14-26-18-6-4-3-5-17(18)24-21(20)26/h3-10,27H,11-14H2,1-2H3,(H,23,28). The molecule has 6 nitrogen and oxygen atoms in total. The van der Waals surface area contributed by atoms with Crippen molar-refractivity contribution in [3.8, 4) is 0 Å². The average molecular weight is 376 g/mol. The average Bonchev–Trinajstić information content (AvgIpc) is 3.05. The highest BCUT2D eigenvalue weighted by molar-refractivity contribution is 6.25. The Balaban J connectivity index is 1.57. The molecule has 0 fully saturated rings. The fraction of sp³-hybridized carbons (Fsp3) is 0.273. The van der Waals surface area contributed by atoms with Gasteiger partial charge in [0, 0.05) is 25.2 Å². The van der Waals surface area contributed by atoms with Crippen LogP contribution in [0.2, 0.25) is 0 Å². The molecule has 2 heterocycles. The van der Waals surface area contributed by atoms with Crippen molar-refractivity contribution < 1.29 is 9.90 Å². The van der Waals surface area contributed by atoms with Crippen molar-refractivity contribution in [1.29, 1.82) is 0 Å². The number of likely N-dealkylation sites (N-methyl/N-ethyl adjacent to an activating group) is 1. The monoisotopic (exact) mass is 376 g/mol. The summed E-state index contributed by atoms with van der Waals surface area (Å²) in [4.78, 5) is 19.6. The first kappa shape index (κ1) is 18.3. The highest BCUT2D eigenvalue weighted by Gasteiger charge is 2.28. The number of imidazole rings is 1. The lowest BCUT2D eigenvalue weighted by Crippen LogP contribution is -2.22. The number of fused-ring (bicyclic) bond motifs is 3. The zero-order valence-corrected chi connectivity index (χ0v) is 16.1. The predicted molar refractivity (Wildman–Crippen MR) is 111 cm³/mol. The third kappa shape index (κ3) is 3.51. The molecular formula is C22H24N4O2. The minimum Gasteiger partial charge on any atom is -0.511 e. The number of allylic oxidation sites excluding steroid dienone is 1. The van der Waals surface area contributed by atoms with Gasteiger partial charge in [-0.2, -0.15) is 0 Å². The largest absolute Gasteiger partial charge is 0.511 e. The van der Waals surface area contributed by atoms with Crippen molar-refractivity contribution in [1.82, 2.24) is 14.5 Å². The van der Waals surface area contributed by atoms with Gasteiger partial charge in [-0.3, -0.25) is 4.79 Å². The summed E-state index contributed by atoms with van der Waals surface area (Å²) in [6, 6.07) is 15.6. The number of amides is 1. The van der Waals surface area contributed by atoms with Crippen LogP contribution in [0, 0.1) is 0 Å². The third-order valence-electron chi connectivity index (χ3n) is 5.03. The lowest BCUT2D eigenvalue weighted by Gasteiger charge is -2.18. The van der Waals surface area contributed by atoms with E-state index in [0.717, 1.165) is 24.0 Å². The molecule has 0 aliphatic carbocycles. The van der Waals surface area contributed by atoms with Crippen molar-refractivity contribution in [3.05, 3.63) is 65.7 Å². The summed E-state index contributed by atoms with van der Waals surface area (Å²) in [6.07, 6.45) is 1.37. The van der Waals surface area contributed by atoms with Crippen molar-refractivity contribution in [2.75, 3.05) is 26.0 Å². The van der Waals surface area contributed by atoms with Crippen LogP contribution in [0.1, 0.15) is 17.8 Å². The van der Waals surface area contributed by atoms with E-state index in [1.54, 1.807) is 0 Å². The maximum absolute atomic E-state index is 12.9. The second-order valence-corrected chi connectivity index (χ2v) is 7.35. The number of rotatable bonds is 5. The number of para-hydroxylation sites is 2. The van der Waals surface area contributed by atoms with Crippen LogP contribution in [-0.4, -0.2) is 46.1 Å². The molecule has 0 saturated heterocycles. The quantitative estimate of drug-likeness (QED) is 0.716. The molecule has 1 amide bonds. The second kappa shape index (κ2) is 7.48. The Hall–Kier alpha value is -3.12. The summed E-state index contributed by atoms with van der Waals surface area (Å²) >= 11 is 0. The van der Waals surface area contributed by atoms with Crippen LogP contribution in [0.5, 0.6) is 0 Å². The maximum atomic E-state index is 12.9. The molecule has 0 unspecified atom stereocenters. The Morgan fingerprint density at radius 1 is 1.18 bits per heavy atom. The van der Waals surface area contributed by atoms with Gasteiger partial charge in [0.15, 0.2) is 0 Å². The van der Waals surface area contributed by atoms with Crippen LogP contribution < -0.4 is 5.32 Å². The molecule has 2 N–H and O–H groups in total. The van der Waals surface area contributed by atoms with Crippen molar-refractivity contribution in [2.24, 2.45) is 0 Å². The number of carbonyl (C=O) groups is 1. The van der Waals surface area contributed by atoms with Crippen LogP contribution in [0.3, 0.4) is 0 Å². The number of nitrogens with zero attached hydrogens (tertiary/aromatic N) is 3. The molecule has 1 aliphatic rings. The topological polar surface area (TPSA) is 70.4 Å². The fourth-order valence-corrected chi connectivity index (χ4v) is 3.50. The molecule has 0 spiro atoms. The van der Waals surface area contributed by atoms with E-state index in [1.165, 1.54) is 5.56 Å². The van der Waals surface area contributed by atoms with Crippen molar-refractivity contribution in [3.63, 3.8) is 0 Å². The van der Waals surface area contributed by atoms with E-state index < -0.39 is 0 Å². The molecule has 6 heteroatoms. The zero-order valence-electron chi connectivity index (χ0n) is 16.1. The van der Waals surface area contributed by atoms with Gasteiger partial charge in [-0.1, -0.05) is 24.3 Å². The van der Waals surface area contributed by atoms with E-state index in [0.29, 0.717) is 24.5 Å². The Morgan fingerprint density at radius 3 is 2.68 bits per heavy atom. The third-order valence-corrected chi connectivity index (χ3v) is 5.03. The Kier molecular flexibility index (Phi) is 4.88. The van der Waals surface area contributed by atoms with Gasteiger partial charge in [-0.15, -0.1) is 0 Å². The minimum atomic E-state index is -0.338. The van der Waals surface area contributed by atoms with Crippen LogP contribution in [-0.2, 0) is 17.8 Å². The highest BCUT2D eigenvalue weighted by Crippen LogP contribution is 2.30. The van der Waals surface area contributed by atoms with Crippen LogP contribution in [0.15, 0.2) is 54.3 Å². The molecule has 4 rings (SSSR count). The molecule has 0 atom stereocenters. The SMILES string of the molecule is CN(C)CCc1ccc(NC(=O)C2=C(O)CCn3c2nc2ccccc23)cc1. The number of hydrogen-bond acceptors (Lipinski definition) is 4. The number of nitrogens with one attached hydrogen (secondary N) is 1. The minimum absolute atomic E-state index is 0.0860. The Bertz CT molecular complexity index is 1050. The van der Waals surface area contributed by atoms with Crippen LogP contribution >= 0.6 is 0 Å². The number of benzene rings is 2. The number of aromatic nitrogens is 2. The normalized spacial score (nSPS) is 13.8. The molecule has 2 aromatic carbocycles. The first-order valence-electron chi connectivity index (χ1n) is 9.45. The zero-order chi connectivity index (χ0) is 19.7.